The molecule has 2 aliphatic rings. The number of nitro groups is 1. The molecule has 2 aliphatic heterocycles. The van der Waals surface area contributed by atoms with E-state index in [1.54, 1.807) is 54.3 Å². The van der Waals surface area contributed by atoms with Gasteiger partial charge >= 0.3 is 6.61 Å². The minimum Gasteiger partial charge on any atom is -0.434 e. The summed E-state index contributed by atoms with van der Waals surface area (Å²) in [5.74, 6) is -0.198. The van der Waals surface area contributed by atoms with Gasteiger partial charge in [-0.15, -0.1) is 0 Å². The third kappa shape index (κ3) is 3.65. The number of rotatable bonds is 5. The number of benzene rings is 3. The number of aromatic nitrogens is 2. The Balaban J connectivity index is 1.62. The topological polar surface area (TPSA) is 115 Å². The molecule has 1 aromatic heterocycles. The second kappa shape index (κ2) is 8.76. The Labute approximate surface area is 213 Å². The number of hydrogen-bond donors (Lipinski definition) is 1. The van der Waals surface area contributed by atoms with Crippen LogP contribution in [0.5, 0.6) is 5.75 Å². The number of amides is 1. The van der Waals surface area contributed by atoms with Crippen molar-refractivity contribution in [3.8, 4) is 11.4 Å². The van der Waals surface area contributed by atoms with Crippen molar-refractivity contribution in [2.75, 3.05) is 10.2 Å². The van der Waals surface area contributed by atoms with Crippen molar-refractivity contribution in [2.24, 2.45) is 4.99 Å². The van der Waals surface area contributed by atoms with E-state index in [9.17, 15) is 23.7 Å². The van der Waals surface area contributed by atoms with Crippen LogP contribution in [0.1, 0.15) is 22.9 Å². The van der Waals surface area contributed by atoms with Gasteiger partial charge in [0.2, 0.25) is 5.84 Å². The number of carbonyl (C=O) groups is 1. The third-order valence-electron chi connectivity index (χ3n) is 6.40. The number of aryl methyl sites for hydroxylation is 1. The lowest BCUT2D eigenvalue weighted by Crippen LogP contribution is -2.48. The molecule has 1 atom stereocenters. The highest BCUT2D eigenvalue weighted by Crippen LogP contribution is 2.49. The molecule has 1 amide bonds. The van der Waals surface area contributed by atoms with Gasteiger partial charge in [0.05, 0.1) is 33.7 Å². The molecule has 190 valence electrons. The van der Waals surface area contributed by atoms with E-state index in [4.69, 9.17) is 4.74 Å². The number of halogens is 2. The lowest BCUT2D eigenvalue weighted by Gasteiger charge is -2.40. The summed E-state index contributed by atoms with van der Waals surface area (Å²) in [6.07, 6.45) is 0. The molecule has 3 aromatic carbocycles. The fraction of sp³-hybridized carbons (Fsp3) is 0.115. The number of para-hydroxylation sites is 3. The lowest BCUT2D eigenvalue weighted by atomic mass is 9.92. The molecule has 0 aliphatic carbocycles. The SMILES string of the molecule is Cc1nn(-c2ccc([N+](=O)[O-])cc2)c2c1C(c1ccccc1OC(F)F)N1C(=N2)C(=O)Nc2ccccc21. The largest absolute Gasteiger partial charge is 0.434 e. The fourth-order valence-electron chi connectivity index (χ4n) is 4.84. The number of nitro benzene ring substituents is 1. The Bertz CT molecular complexity index is 1630. The highest BCUT2D eigenvalue weighted by atomic mass is 19.3. The van der Waals surface area contributed by atoms with E-state index in [-0.39, 0.29) is 17.3 Å². The highest BCUT2D eigenvalue weighted by molar-refractivity contribution is 6.50. The van der Waals surface area contributed by atoms with Crippen LogP contribution in [0.25, 0.3) is 5.69 Å². The molecule has 1 N–H and O–H groups in total. The van der Waals surface area contributed by atoms with Crippen molar-refractivity contribution in [1.82, 2.24) is 9.78 Å². The van der Waals surface area contributed by atoms with Crippen molar-refractivity contribution < 1.29 is 23.2 Å². The summed E-state index contributed by atoms with van der Waals surface area (Å²) in [6, 6.07) is 18.4. The van der Waals surface area contributed by atoms with Crippen molar-refractivity contribution in [3.05, 3.63) is 99.7 Å². The zero-order chi connectivity index (χ0) is 26.6. The fourth-order valence-corrected chi connectivity index (χ4v) is 4.84. The summed E-state index contributed by atoms with van der Waals surface area (Å²) in [5, 5.41) is 18.6. The van der Waals surface area contributed by atoms with Crippen molar-refractivity contribution in [1.29, 1.82) is 0 Å². The molecule has 1 unspecified atom stereocenters. The molecule has 0 spiro atoms. The maximum atomic E-state index is 13.4. The Morgan fingerprint density at radius 3 is 2.50 bits per heavy atom. The molecule has 12 heteroatoms. The first kappa shape index (κ1) is 23.3. The number of alkyl halides is 2. The number of ether oxygens (including phenoxy) is 1. The second-order valence-electron chi connectivity index (χ2n) is 8.60. The predicted octanol–water partition coefficient (Wildman–Crippen LogP) is 5.28. The monoisotopic (exact) mass is 516 g/mol. The Morgan fingerprint density at radius 2 is 1.76 bits per heavy atom. The van der Waals surface area contributed by atoms with Gasteiger partial charge in [-0.3, -0.25) is 14.9 Å². The number of fused-ring (bicyclic) bond motifs is 4. The van der Waals surface area contributed by atoms with Crippen LogP contribution in [0.2, 0.25) is 0 Å². The molecule has 0 fully saturated rings. The third-order valence-corrected chi connectivity index (χ3v) is 6.40. The summed E-state index contributed by atoms with van der Waals surface area (Å²) in [4.78, 5) is 30.3. The number of amidine groups is 1. The normalized spacial score (nSPS) is 15.8. The first-order valence-corrected chi connectivity index (χ1v) is 11.5. The summed E-state index contributed by atoms with van der Waals surface area (Å²) in [5.41, 5.74) is 3.03. The number of anilines is 2. The number of nitrogens with one attached hydrogen (secondary N) is 1. The van der Waals surface area contributed by atoms with Crippen LogP contribution in [0.15, 0.2) is 77.8 Å². The number of hydrogen-bond acceptors (Lipinski definition) is 7. The Kier molecular flexibility index (Phi) is 5.37. The zero-order valence-corrected chi connectivity index (χ0v) is 19.7. The van der Waals surface area contributed by atoms with E-state index >= 15 is 0 Å². The lowest BCUT2D eigenvalue weighted by molar-refractivity contribution is -0.384. The molecule has 4 aromatic rings. The van der Waals surface area contributed by atoms with Crippen LogP contribution in [-0.2, 0) is 4.79 Å². The molecule has 10 nitrogen and oxygen atoms in total. The van der Waals surface area contributed by atoms with Crippen LogP contribution in [-0.4, -0.2) is 33.1 Å². The summed E-state index contributed by atoms with van der Waals surface area (Å²) >= 11 is 0. The second-order valence-corrected chi connectivity index (χ2v) is 8.60. The summed E-state index contributed by atoms with van der Waals surface area (Å²) in [7, 11) is 0. The highest BCUT2D eigenvalue weighted by Gasteiger charge is 2.43. The minimum absolute atomic E-state index is 0.0381. The minimum atomic E-state index is -3.06. The van der Waals surface area contributed by atoms with Gasteiger partial charge in [-0.2, -0.15) is 13.9 Å². The molecular formula is C26H18F2N6O4. The van der Waals surface area contributed by atoms with E-state index in [1.165, 1.54) is 35.0 Å². The Hall–Kier alpha value is -5.13. The van der Waals surface area contributed by atoms with Gasteiger partial charge in [-0.1, -0.05) is 30.3 Å². The van der Waals surface area contributed by atoms with Gasteiger partial charge < -0.3 is 15.0 Å². The van der Waals surface area contributed by atoms with Crippen LogP contribution >= 0.6 is 0 Å². The summed E-state index contributed by atoms with van der Waals surface area (Å²) in [6.45, 7) is -1.31. The van der Waals surface area contributed by atoms with Gasteiger partial charge in [0, 0.05) is 23.3 Å². The van der Waals surface area contributed by atoms with E-state index in [0.717, 1.165) is 0 Å². The maximum Gasteiger partial charge on any atom is 0.387 e. The average molecular weight is 516 g/mol. The van der Waals surface area contributed by atoms with Crippen LogP contribution < -0.4 is 15.0 Å². The van der Waals surface area contributed by atoms with E-state index in [1.807, 2.05) is 0 Å². The van der Waals surface area contributed by atoms with E-state index < -0.39 is 23.5 Å². The van der Waals surface area contributed by atoms with Gasteiger partial charge in [-0.05, 0) is 37.3 Å². The van der Waals surface area contributed by atoms with Crippen LogP contribution in [0.3, 0.4) is 0 Å². The molecule has 6 rings (SSSR count). The van der Waals surface area contributed by atoms with Gasteiger partial charge in [-0.25, -0.2) is 9.67 Å². The zero-order valence-electron chi connectivity index (χ0n) is 19.7. The number of nitrogens with zero attached hydrogens (tertiary/aromatic N) is 5. The maximum absolute atomic E-state index is 13.4. The smallest absolute Gasteiger partial charge is 0.387 e. The quantitative estimate of drug-likeness (QED) is 0.285. The van der Waals surface area contributed by atoms with Crippen molar-refractivity contribution in [3.63, 3.8) is 0 Å². The van der Waals surface area contributed by atoms with Gasteiger partial charge in [0.1, 0.15) is 5.75 Å². The number of aliphatic imine (C=N–C) groups is 1. The first-order valence-electron chi connectivity index (χ1n) is 11.5. The first-order chi connectivity index (χ1) is 18.3. The molecule has 0 radical (unpaired) electrons. The van der Waals surface area contributed by atoms with Crippen molar-refractivity contribution in [2.45, 2.75) is 19.6 Å². The summed E-state index contributed by atoms with van der Waals surface area (Å²) < 4.78 is 33.2. The van der Waals surface area contributed by atoms with Gasteiger partial charge in [0.25, 0.3) is 11.6 Å². The number of non-ortho nitro benzene ring substituents is 1. The average Bonchev–Trinajstić information content (AvgIpc) is 3.24. The molecule has 0 bridgehead atoms. The molecular weight excluding hydrogens is 498 g/mol. The molecule has 0 saturated heterocycles. The number of carbonyl (C=O) groups excluding carboxylic acids is 1. The molecule has 0 saturated carbocycles. The predicted molar refractivity (Wildman–Crippen MR) is 135 cm³/mol. The molecule has 3 heterocycles. The van der Waals surface area contributed by atoms with E-state index in [0.29, 0.717) is 39.7 Å². The Morgan fingerprint density at radius 1 is 1.05 bits per heavy atom. The van der Waals surface area contributed by atoms with Crippen LogP contribution in [0.4, 0.5) is 31.7 Å². The van der Waals surface area contributed by atoms with Crippen molar-refractivity contribution >= 4 is 34.6 Å². The van der Waals surface area contributed by atoms with Crippen LogP contribution in [0, 0.1) is 17.0 Å². The van der Waals surface area contributed by atoms with Gasteiger partial charge in [0.15, 0.2) is 5.82 Å². The standard InChI is InChI=1S/C26H18F2N6O4/c1-14-21-22(17-6-2-5-9-20(17)38-26(27)28)32-19-8-4-3-7-18(19)29-25(35)24(32)30-23(21)33(31-14)15-10-12-16(13-11-15)34(36)37/h2-13,22,26H,1H3,(H,29,35). The molecule has 38 heavy (non-hydrogen) atoms. The van der Waals surface area contributed by atoms with E-state index in [2.05, 4.69) is 15.4 Å².